The van der Waals surface area contributed by atoms with Gasteiger partial charge < -0.3 is 5.32 Å². The number of aromatic amines is 1. The standard InChI is InChI=1S/C11H13FN6O2S/c1-3-4-13-10-14-5-6(12)9(16-10)21-11-15-7(19)8(20)17-18(11)2/h5H,3-4H2,1-2H3,(H,17,20)(H,13,14,16). The molecule has 0 spiro atoms. The Morgan fingerprint density at radius 3 is 2.90 bits per heavy atom. The van der Waals surface area contributed by atoms with Gasteiger partial charge in [0, 0.05) is 13.6 Å². The number of anilines is 1. The summed E-state index contributed by atoms with van der Waals surface area (Å²) in [5.41, 5.74) is -1.77. The van der Waals surface area contributed by atoms with Crippen LogP contribution in [-0.4, -0.2) is 31.3 Å². The van der Waals surface area contributed by atoms with Crippen molar-refractivity contribution >= 4 is 17.7 Å². The maximum atomic E-state index is 13.7. The number of halogens is 1. The van der Waals surface area contributed by atoms with E-state index < -0.39 is 16.9 Å². The molecule has 0 atom stereocenters. The average molecular weight is 312 g/mol. The second-order valence-corrected chi connectivity index (χ2v) is 5.03. The van der Waals surface area contributed by atoms with Crippen LogP contribution < -0.4 is 16.4 Å². The van der Waals surface area contributed by atoms with Crippen LogP contribution >= 0.6 is 11.8 Å². The molecule has 21 heavy (non-hydrogen) atoms. The molecule has 8 nitrogen and oxygen atoms in total. The first-order valence-corrected chi connectivity index (χ1v) is 6.94. The number of H-pyrrole nitrogens is 1. The van der Waals surface area contributed by atoms with E-state index in [1.807, 2.05) is 6.92 Å². The Bertz CT molecular complexity index is 759. The van der Waals surface area contributed by atoms with Crippen LogP contribution in [0.2, 0.25) is 0 Å². The van der Waals surface area contributed by atoms with Crippen molar-refractivity contribution in [2.24, 2.45) is 7.05 Å². The molecule has 0 radical (unpaired) electrons. The molecule has 2 heterocycles. The number of nitrogens with one attached hydrogen (secondary N) is 2. The topological polar surface area (TPSA) is 106 Å². The van der Waals surface area contributed by atoms with Crippen molar-refractivity contribution in [3.8, 4) is 0 Å². The zero-order valence-corrected chi connectivity index (χ0v) is 12.2. The lowest BCUT2D eigenvalue weighted by Gasteiger charge is -2.07. The summed E-state index contributed by atoms with van der Waals surface area (Å²) in [5.74, 6) is -0.349. The van der Waals surface area contributed by atoms with Crippen LogP contribution in [0.3, 0.4) is 0 Å². The lowest BCUT2D eigenvalue weighted by molar-refractivity contribution is 0.572. The summed E-state index contributed by atoms with van der Waals surface area (Å²) in [6.45, 7) is 2.64. The monoisotopic (exact) mass is 312 g/mol. The van der Waals surface area contributed by atoms with E-state index in [1.54, 1.807) is 0 Å². The van der Waals surface area contributed by atoms with E-state index >= 15 is 0 Å². The first-order valence-electron chi connectivity index (χ1n) is 6.13. The van der Waals surface area contributed by atoms with E-state index in [9.17, 15) is 14.0 Å². The summed E-state index contributed by atoms with van der Waals surface area (Å²) in [4.78, 5) is 33.8. The first kappa shape index (κ1) is 15.2. The molecule has 0 bridgehead atoms. The van der Waals surface area contributed by atoms with Gasteiger partial charge in [0.15, 0.2) is 11.0 Å². The number of aryl methyl sites for hydroxylation is 1. The van der Waals surface area contributed by atoms with Gasteiger partial charge in [-0.2, -0.15) is 4.98 Å². The van der Waals surface area contributed by atoms with Crippen LogP contribution in [-0.2, 0) is 7.05 Å². The SMILES string of the molecule is CCCNc1ncc(F)c(Sc2nc(=O)c(=O)[nH]n2C)n1. The normalized spacial score (nSPS) is 10.6. The van der Waals surface area contributed by atoms with Crippen molar-refractivity contribution in [3.05, 3.63) is 32.7 Å². The predicted octanol–water partition coefficient (Wildman–Crippen LogP) is 0.371. The van der Waals surface area contributed by atoms with Gasteiger partial charge in [-0.25, -0.2) is 14.4 Å². The Morgan fingerprint density at radius 1 is 1.43 bits per heavy atom. The Kier molecular flexibility index (Phi) is 4.68. The number of hydrogen-bond donors (Lipinski definition) is 2. The summed E-state index contributed by atoms with van der Waals surface area (Å²) in [6, 6.07) is 0. The molecular weight excluding hydrogens is 299 g/mol. The molecule has 0 aliphatic rings. The third kappa shape index (κ3) is 3.66. The van der Waals surface area contributed by atoms with Gasteiger partial charge in [0.1, 0.15) is 5.03 Å². The smallest absolute Gasteiger partial charge is 0.339 e. The first-order chi connectivity index (χ1) is 10.0. The molecule has 2 rings (SSSR count). The number of aromatic nitrogens is 5. The Labute approximate surface area is 122 Å². The zero-order valence-electron chi connectivity index (χ0n) is 11.4. The fraction of sp³-hybridized carbons (Fsp3) is 0.364. The van der Waals surface area contributed by atoms with Gasteiger partial charge in [-0.05, 0) is 18.2 Å². The van der Waals surface area contributed by atoms with Gasteiger partial charge in [-0.3, -0.25) is 19.4 Å². The Balaban J connectivity index is 2.32. The molecule has 112 valence electrons. The molecule has 0 saturated heterocycles. The lowest BCUT2D eigenvalue weighted by atomic mass is 10.5. The van der Waals surface area contributed by atoms with Gasteiger partial charge in [-0.15, -0.1) is 0 Å². The summed E-state index contributed by atoms with van der Waals surface area (Å²) < 4.78 is 15.0. The highest BCUT2D eigenvalue weighted by molar-refractivity contribution is 7.99. The van der Waals surface area contributed by atoms with Crippen molar-refractivity contribution in [1.29, 1.82) is 0 Å². The maximum Gasteiger partial charge on any atom is 0.339 e. The van der Waals surface area contributed by atoms with Crippen LogP contribution in [0.15, 0.2) is 26.0 Å². The van der Waals surface area contributed by atoms with Crippen LogP contribution in [0, 0.1) is 5.82 Å². The molecule has 0 aliphatic heterocycles. The van der Waals surface area contributed by atoms with E-state index in [2.05, 4.69) is 25.4 Å². The van der Waals surface area contributed by atoms with Crippen molar-refractivity contribution < 1.29 is 4.39 Å². The van der Waals surface area contributed by atoms with Crippen molar-refractivity contribution in [3.63, 3.8) is 0 Å². The highest BCUT2D eigenvalue weighted by Gasteiger charge is 2.13. The molecule has 2 N–H and O–H groups in total. The van der Waals surface area contributed by atoms with Crippen molar-refractivity contribution in [2.45, 2.75) is 23.5 Å². The molecule has 0 fully saturated rings. The molecule has 0 saturated carbocycles. The molecule has 0 amide bonds. The lowest BCUT2D eigenvalue weighted by Crippen LogP contribution is -2.33. The third-order valence-electron chi connectivity index (χ3n) is 2.38. The van der Waals surface area contributed by atoms with Gasteiger partial charge in [0.25, 0.3) is 0 Å². The summed E-state index contributed by atoms with van der Waals surface area (Å²) >= 11 is 0.827. The highest BCUT2D eigenvalue weighted by atomic mass is 32.2. The zero-order chi connectivity index (χ0) is 15.4. The Morgan fingerprint density at radius 2 is 2.19 bits per heavy atom. The maximum absolute atomic E-state index is 13.7. The van der Waals surface area contributed by atoms with Gasteiger partial charge in [0.05, 0.1) is 6.20 Å². The molecule has 0 unspecified atom stereocenters. The largest absolute Gasteiger partial charge is 0.354 e. The fourth-order valence-corrected chi connectivity index (χ4v) is 2.15. The minimum absolute atomic E-state index is 0.0122. The van der Waals surface area contributed by atoms with E-state index in [4.69, 9.17) is 0 Å². The van der Waals surface area contributed by atoms with Gasteiger partial charge in [-0.1, -0.05) is 6.92 Å². The summed E-state index contributed by atoms with van der Waals surface area (Å²) in [5, 5.41) is 5.35. The second kappa shape index (κ2) is 6.48. The fourth-order valence-electron chi connectivity index (χ4n) is 1.38. The molecule has 0 aliphatic carbocycles. The van der Waals surface area contributed by atoms with Crippen LogP contribution in [0.4, 0.5) is 10.3 Å². The van der Waals surface area contributed by atoms with Crippen LogP contribution in [0.25, 0.3) is 0 Å². The van der Waals surface area contributed by atoms with E-state index in [1.165, 1.54) is 11.7 Å². The van der Waals surface area contributed by atoms with E-state index in [0.29, 0.717) is 6.54 Å². The minimum Gasteiger partial charge on any atom is -0.354 e. The van der Waals surface area contributed by atoms with Crippen molar-refractivity contribution in [1.82, 2.24) is 24.7 Å². The van der Waals surface area contributed by atoms with Crippen LogP contribution in [0.1, 0.15) is 13.3 Å². The Hall–Kier alpha value is -2.23. The highest BCUT2D eigenvalue weighted by Crippen LogP contribution is 2.25. The van der Waals surface area contributed by atoms with E-state index in [0.717, 1.165) is 24.4 Å². The van der Waals surface area contributed by atoms with Crippen LogP contribution in [0.5, 0.6) is 0 Å². The third-order valence-corrected chi connectivity index (χ3v) is 3.41. The quantitative estimate of drug-likeness (QED) is 0.607. The average Bonchev–Trinajstić information content (AvgIpc) is 2.45. The minimum atomic E-state index is -0.936. The summed E-state index contributed by atoms with van der Waals surface area (Å²) in [6.07, 6.45) is 1.91. The second-order valence-electron chi connectivity index (χ2n) is 4.08. The molecule has 2 aromatic rings. The number of hydrogen-bond acceptors (Lipinski definition) is 7. The van der Waals surface area contributed by atoms with Gasteiger partial charge in [0.2, 0.25) is 5.95 Å². The van der Waals surface area contributed by atoms with Gasteiger partial charge >= 0.3 is 11.1 Å². The van der Waals surface area contributed by atoms with Crippen molar-refractivity contribution in [2.75, 3.05) is 11.9 Å². The molecular formula is C11H13FN6O2S. The summed E-state index contributed by atoms with van der Waals surface area (Å²) in [7, 11) is 1.49. The number of rotatable bonds is 5. The molecule has 2 aromatic heterocycles. The molecule has 10 heteroatoms. The predicted molar refractivity (Wildman–Crippen MR) is 75.0 cm³/mol. The number of nitrogens with zero attached hydrogens (tertiary/aromatic N) is 4. The molecule has 0 aromatic carbocycles. The van der Waals surface area contributed by atoms with E-state index in [-0.39, 0.29) is 16.1 Å².